The molecule has 0 aliphatic heterocycles. The van der Waals surface area contributed by atoms with Crippen molar-refractivity contribution in [1.82, 2.24) is 10.2 Å². The molecule has 1 atom stereocenters. The van der Waals surface area contributed by atoms with Crippen molar-refractivity contribution < 1.29 is 13.9 Å². The van der Waals surface area contributed by atoms with Gasteiger partial charge in [0.15, 0.2) is 6.10 Å². The topological polar surface area (TPSA) is 57.4 Å². The fourth-order valence-electron chi connectivity index (χ4n) is 2.06. The standard InChI is InChI=1S/C17H14BrClN2O3/c1-10(23-15-8-5-12(18)9-14(15)19)16-20-21-17(24-16)11-3-6-13(22-2)7-4-11/h3-10H,1-2H3/t10-/m1/s1. The number of nitrogens with zero attached hydrogens (tertiary/aromatic N) is 2. The van der Waals surface area contributed by atoms with Crippen LogP contribution in [-0.2, 0) is 0 Å². The molecule has 0 unspecified atom stereocenters. The van der Waals surface area contributed by atoms with Gasteiger partial charge in [0, 0.05) is 10.0 Å². The van der Waals surface area contributed by atoms with Crippen LogP contribution in [0.5, 0.6) is 11.5 Å². The van der Waals surface area contributed by atoms with Crippen LogP contribution < -0.4 is 9.47 Å². The van der Waals surface area contributed by atoms with Gasteiger partial charge >= 0.3 is 0 Å². The van der Waals surface area contributed by atoms with E-state index in [4.69, 9.17) is 25.5 Å². The van der Waals surface area contributed by atoms with Gasteiger partial charge in [-0.05, 0) is 49.4 Å². The quantitative estimate of drug-likeness (QED) is 0.572. The summed E-state index contributed by atoms with van der Waals surface area (Å²) >= 11 is 9.51. The zero-order chi connectivity index (χ0) is 17.1. The Bertz CT molecular complexity index is 836. The molecule has 24 heavy (non-hydrogen) atoms. The van der Waals surface area contributed by atoms with Gasteiger partial charge < -0.3 is 13.9 Å². The van der Waals surface area contributed by atoms with Crippen molar-refractivity contribution in [2.75, 3.05) is 7.11 Å². The lowest BCUT2D eigenvalue weighted by Crippen LogP contribution is -2.03. The first-order valence-electron chi connectivity index (χ1n) is 7.16. The summed E-state index contributed by atoms with van der Waals surface area (Å²) in [5.74, 6) is 2.11. The van der Waals surface area contributed by atoms with E-state index in [2.05, 4.69) is 26.1 Å². The van der Waals surface area contributed by atoms with E-state index in [-0.39, 0.29) is 0 Å². The maximum absolute atomic E-state index is 6.16. The molecule has 3 aromatic rings. The number of rotatable bonds is 5. The fourth-order valence-corrected chi connectivity index (χ4v) is 2.78. The second-order valence-electron chi connectivity index (χ2n) is 5.01. The van der Waals surface area contributed by atoms with E-state index >= 15 is 0 Å². The maximum Gasteiger partial charge on any atom is 0.257 e. The molecule has 0 aliphatic carbocycles. The van der Waals surface area contributed by atoms with Crippen molar-refractivity contribution in [3.05, 3.63) is 57.9 Å². The molecule has 0 saturated heterocycles. The van der Waals surface area contributed by atoms with Crippen molar-refractivity contribution >= 4 is 27.5 Å². The van der Waals surface area contributed by atoms with E-state index in [0.717, 1.165) is 15.8 Å². The summed E-state index contributed by atoms with van der Waals surface area (Å²) in [6.07, 6.45) is -0.428. The number of halogens is 2. The Morgan fingerprint density at radius 3 is 2.54 bits per heavy atom. The summed E-state index contributed by atoms with van der Waals surface area (Å²) in [6.45, 7) is 1.82. The molecule has 1 heterocycles. The summed E-state index contributed by atoms with van der Waals surface area (Å²) < 4.78 is 17.5. The molecule has 0 bridgehead atoms. The van der Waals surface area contributed by atoms with Crippen molar-refractivity contribution in [3.63, 3.8) is 0 Å². The first-order valence-corrected chi connectivity index (χ1v) is 8.33. The van der Waals surface area contributed by atoms with Crippen molar-refractivity contribution in [1.29, 1.82) is 0 Å². The monoisotopic (exact) mass is 408 g/mol. The van der Waals surface area contributed by atoms with Crippen LogP contribution in [0.3, 0.4) is 0 Å². The molecule has 2 aromatic carbocycles. The Morgan fingerprint density at radius 2 is 1.88 bits per heavy atom. The molecule has 124 valence electrons. The molecular formula is C17H14BrClN2O3. The third-order valence-electron chi connectivity index (χ3n) is 3.32. The average Bonchev–Trinajstić information content (AvgIpc) is 3.07. The zero-order valence-corrected chi connectivity index (χ0v) is 15.3. The van der Waals surface area contributed by atoms with Gasteiger partial charge in [-0.3, -0.25) is 0 Å². The average molecular weight is 410 g/mol. The molecule has 0 saturated carbocycles. The van der Waals surface area contributed by atoms with Gasteiger partial charge in [0.05, 0.1) is 12.1 Å². The molecule has 0 N–H and O–H groups in total. The third kappa shape index (κ3) is 3.71. The van der Waals surface area contributed by atoms with Gasteiger partial charge in [-0.25, -0.2) is 0 Å². The Hall–Kier alpha value is -2.05. The number of hydrogen-bond acceptors (Lipinski definition) is 5. The minimum Gasteiger partial charge on any atom is -0.497 e. The van der Waals surface area contributed by atoms with E-state index in [1.54, 1.807) is 19.2 Å². The first kappa shape index (κ1) is 16.8. The van der Waals surface area contributed by atoms with Crippen molar-refractivity contribution in [3.8, 4) is 23.0 Å². The highest BCUT2D eigenvalue weighted by Crippen LogP contribution is 2.32. The minimum absolute atomic E-state index is 0.375. The van der Waals surface area contributed by atoms with E-state index in [9.17, 15) is 0 Å². The molecule has 0 amide bonds. The van der Waals surface area contributed by atoms with Crippen LogP contribution in [0.4, 0.5) is 0 Å². The Balaban J connectivity index is 1.76. The Kier molecular flexibility index (Phi) is 5.06. The van der Waals surface area contributed by atoms with Gasteiger partial charge in [-0.15, -0.1) is 10.2 Å². The predicted octanol–water partition coefficient (Wildman–Crippen LogP) is 5.30. The molecule has 0 aliphatic rings. The number of ether oxygens (including phenoxy) is 2. The van der Waals surface area contributed by atoms with Crippen LogP contribution in [-0.4, -0.2) is 17.3 Å². The molecule has 0 spiro atoms. The van der Waals surface area contributed by atoms with Crippen LogP contribution in [0.25, 0.3) is 11.5 Å². The van der Waals surface area contributed by atoms with Gasteiger partial charge in [0.25, 0.3) is 5.89 Å². The number of benzene rings is 2. The maximum atomic E-state index is 6.16. The fraction of sp³-hybridized carbons (Fsp3) is 0.176. The molecule has 0 radical (unpaired) electrons. The summed E-state index contributed by atoms with van der Waals surface area (Å²) in [5, 5.41) is 8.62. The predicted molar refractivity (Wildman–Crippen MR) is 94.5 cm³/mol. The molecule has 0 fully saturated rings. The molecular weight excluding hydrogens is 396 g/mol. The highest BCUT2D eigenvalue weighted by atomic mass is 79.9. The zero-order valence-electron chi connectivity index (χ0n) is 13.0. The van der Waals surface area contributed by atoms with Crippen LogP contribution in [0.1, 0.15) is 18.9 Å². The number of methoxy groups -OCH3 is 1. The van der Waals surface area contributed by atoms with Gasteiger partial charge in [-0.1, -0.05) is 27.5 Å². The number of hydrogen-bond donors (Lipinski definition) is 0. The smallest absolute Gasteiger partial charge is 0.257 e. The lowest BCUT2D eigenvalue weighted by atomic mass is 10.2. The Labute approximate surface area is 152 Å². The summed E-state index contributed by atoms with van der Waals surface area (Å²) in [5.41, 5.74) is 0.809. The third-order valence-corrected chi connectivity index (χ3v) is 4.11. The lowest BCUT2D eigenvalue weighted by molar-refractivity contribution is 0.190. The van der Waals surface area contributed by atoms with Crippen LogP contribution in [0, 0.1) is 0 Å². The van der Waals surface area contributed by atoms with E-state index in [0.29, 0.717) is 22.6 Å². The number of aromatic nitrogens is 2. The summed E-state index contributed by atoms with van der Waals surface area (Å²) in [6, 6.07) is 12.8. The molecule has 3 rings (SSSR count). The Morgan fingerprint density at radius 1 is 1.12 bits per heavy atom. The van der Waals surface area contributed by atoms with Crippen molar-refractivity contribution in [2.24, 2.45) is 0 Å². The van der Waals surface area contributed by atoms with Crippen LogP contribution in [0.2, 0.25) is 5.02 Å². The normalized spacial score (nSPS) is 12.0. The summed E-state index contributed by atoms with van der Waals surface area (Å²) in [4.78, 5) is 0. The first-order chi connectivity index (χ1) is 11.6. The van der Waals surface area contributed by atoms with Crippen LogP contribution in [0.15, 0.2) is 51.4 Å². The lowest BCUT2D eigenvalue weighted by Gasteiger charge is -2.12. The second kappa shape index (κ2) is 7.23. The van der Waals surface area contributed by atoms with Crippen molar-refractivity contribution in [2.45, 2.75) is 13.0 Å². The molecule has 7 heteroatoms. The van der Waals surface area contributed by atoms with E-state index in [1.165, 1.54) is 0 Å². The van der Waals surface area contributed by atoms with Crippen LogP contribution >= 0.6 is 27.5 Å². The van der Waals surface area contributed by atoms with Gasteiger partial charge in [-0.2, -0.15) is 0 Å². The molecule has 5 nitrogen and oxygen atoms in total. The summed E-state index contributed by atoms with van der Waals surface area (Å²) in [7, 11) is 1.62. The SMILES string of the molecule is COc1ccc(-c2nnc([C@@H](C)Oc3ccc(Br)cc3Cl)o2)cc1. The van der Waals surface area contributed by atoms with Gasteiger partial charge in [0.1, 0.15) is 11.5 Å². The highest BCUT2D eigenvalue weighted by molar-refractivity contribution is 9.10. The largest absolute Gasteiger partial charge is 0.497 e. The van der Waals surface area contributed by atoms with Gasteiger partial charge in [0.2, 0.25) is 5.89 Å². The second-order valence-corrected chi connectivity index (χ2v) is 6.33. The molecule has 1 aromatic heterocycles. The van der Waals surface area contributed by atoms with E-state index in [1.807, 2.05) is 37.3 Å². The minimum atomic E-state index is -0.428. The highest BCUT2D eigenvalue weighted by Gasteiger charge is 2.18. The van der Waals surface area contributed by atoms with E-state index < -0.39 is 6.10 Å².